The Labute approximate surface area is 73.9 Å². The zero-order chi connectivity index (χ0) is 9.42. The number of H-pyrrole nitrogens is 1. The SMILES string of the molecule is C[C@H]1NC(=O)N(c2cn[nH]c2)C1=O. The number of aromatic nitrogens is 2. The van der Waals surface area contributed by atoms with E-state index in [-0.39, 0.29) is 5.91 Å². The highest BCUT2D eigenvalue weighted by Gasteiger charge is 2.36. The lowest BCUT2D eigenvalue weighted by molar-refractivity contribution is -0.117. The molecule has 6 nitrogen and oxygen atoms in total. The van der Waals surface area contributed by atoms with E-state index < -0.39 is 12.1 Å². The third-order valence-electron chi connectivity index (χ3n) is 1.88. The van der Waals surface area contributed by atoms with Gasteiger partial charge in [-0.05, 0) is 6.92 Å². The Morgan fingerprint density at radius 2 is 2.31 bits per heavy atom. The van der Waals surface area contributed by atoms with Crippen LogP contribution >= 0.6 is 0 Å². The number of rotatable bonds is 1. The number of anilines is 1. The zero-order valence-corrected chi connectivity index (χ0v) is 6.94. The molecule has 1 fully saturated rings. The average molecular weight is 180 g/mol. The predicted octanol–water partition coefficient (Wildman–Crippen LogP) is -0.146. The molecule has 1 aliphatic rings. The first-order chi connectivity index (χ1) is 6.20. The molecule has 13 heavy (non-hydrogen) atoms. The van der Waals surface area contributed by atoms with E-state index >= 15 is 0 Å². The zero-order valence-electron chi connectivity index (χ0n) is 6.94. The summed E-state index contributed by atoms with van der Waals surface area (Å²) in [6, 6.07) is -0.860. The van der Waals surface area contributed by atoms with Crippen LogP contribution in [-0.2, 0) is 4.79 Å². The highest BCUT2D eigenvalue weighted by molar-refractivity contribution is 6.21. The van der Waals surface area contributed by atoms with Gasteiger partial charge in [0.2, 0.25) is 0 Å². The molecule has 1 aromatic rings. The maximum absolute atomic E-state index is 11.4. The van der Waals surface area contributed by atoms with Gasteiger partial charge in [-0.3, -0.25) is 9.89 Å². The van der Waals surface area contributed by atoms with E-state index in [2.05, 4.69) is 15.5 Å². The van der Waals surface area contributed by atoms with Crippen LogP contribution in [0.1, 0.15) is 6.92 Å². The molecule has 0 aromatic carbocycles. The van der Waals surface area contributed by atoms with Crippen LogP contribution in [-0.4, -0.2) is 28.2 Å². The lowest BCUT2D eigenvalue weighted by atomic mass is 10.3. The third kappa shape index (κ3) is 1.07. The largest absolute Gasteiger partial charge is 0.329 e. The molecule has 1 saturated heterocycles. The molecule has 0 unspecified atom stereocenters. The highest BCUT2D eigenvalue weighted by Crippen LogP contribution is 2.16. The van der Waals surface area contributed by atoms with Gasteiger partial charge in [0.05, 0.1) is 11.9 Å². The van der Waals surface area contributed by atoms with Crippen molar-refractivity contribution in [2.24, 2.45) is 0 Å². The minimum absolute atomic E-state index is 0.258. The first kappa shape index (κ1) is 7.78. The molecule has 0 spiro atoms. The number of imide groups is 1. The molecule has 2 rings (SSSR count). The van der Waals surface area contributed by atoms with Crippen LogP contribution in [0.5, 0.6) is 0 Å². The van der Waals surface area contributed by atoms with Crippen LogP contribution in [0, 0.1) is 0 Å². The number of nitrogens with zero attached hydrogens (tertiary/aromatic N) is 2. The number of carbonyl (C=O) groups is 2. The van der Waals surface area contributed by atoms with Gasteiger partial charge in [0, 0.05) is 6.20 Å². The van der Waals surface area contributed by atoms with E-state index in [9.17, 15) is 9.59 Å². The second-order valence-corrected chi connectivity index (χ2v) is 2.80. The Morgan fingerprint density at radius 3 is 2.77 bits per heavy atom. The smallest absolute Gasteiger partial charge is 0.326 e. The number of urea groups is 1. The van der Waals surface area contributed by atoms with Crippen molar-refractivity contribution in [2.45, 2.75) is 13.0 Å². The number of amides is 3. The molecule has 0 aliphatic carbocycles. The quantitative estimate of drug-likeness (QED) is 0.590. The summed E-state index contributed by atoms with van der Waals surface area (Å²) in [5.74, 6) is -0.258. The molecule has 0 radical (unpaired) electrons. The van der Waals surface area contributed by atoms with E-state index in [4.69, 9.17) is 0 Å². The topological polar surface area (TPSA) is 78.1 Å². The summed E-state index contributed by atoms with van der Waals surface area (Å²) in [5, 5.41) is 8.70. The van der Waals surface area contributed by atoms with Gasteiger partial charge in [-0.15, -0.1) is 0 Å². The van der Waals surface area contributed by atoms with E-state index in [1.54, 1.807) is 6.92 Å². The maximum Gasteiger partial charge on any atom is 0.329 e. The summed E-state index contributed by atoms with van der Waals surface area (Å²) >= 11 is 0. The fourth-order valence-electron chi connectivity index (χ4n) is 1.22. The average Bonchev–Trinajstić information content (AvgIpc) is 2.63. The summed E-state index contributed by atoms with van der Waals surface area (Å²) in [5.41, 5.74) is 0.465. The molecule has 1 aromatic heterocycles. The van der Waals surface area contributed by atoms with Crippen molar-refractivity contribution in [3.8, 4) is 0 Å². The molecule has 2 heterocycles. The minimum atomic E-state index is -0.456. The second-order valence-electron chi connectivity index (χ2n) is 2.80. The Morgan fingerprint density at radius 1 is 1.54 bits per heavy atom. The van der Waals surface area contributed by atoms with Gasteiger partial charge in [0.25, 0.3) is 5.91 Å². The Balaban J connectivity index is 2.34. The molecule has 3 amide bonds. The fraction of sp³-hybridized carbons (Fsp3) is 0.286. The van der Waals surface area contributed by atoms with Gasteiger partial charge in [0.1, 0.15) is 6.04 Å². The highest BCUT2D eigenvalue weighted by atomic mass is 16.2. The summed E-state index contributed by atoms with van der Waals surface area (Å²) in [6.07, 6.45) is 2.92. The second kappa shape index (κ2) is 2.58. The lowest BCUT2D eigenvalue weighted by Gasteiger charge is -2.07. The van der Waals surface area contributed by atoms with Gasteiger partial charge in [-0.25, -0.2) is 9.69 Å². The molecule has 2 N–H and O–H groups in total. The molecule has 6 heteroatoms. The fourth-order valence-corrected chi connectivity index (χ4v) is 1.22. The normalized spacial score (nSPS) is 22.2. The van der Waals surface area contributed by atoms with Gasteiger partial charge in [-0.1, -0.05) is 0 Å². The number of hydrogen-bond donors (Lipinski definition) is 2. The van der Waals surface area contributed by atoms with E-state index in [0.29, 0.717) is 5.69 Å². The van der Waals surface area contributed by atoms with Gasteiger partial charge >= 0.3 is 6.03 Å². The van der Waals surface area contributed by atoms with Crippen LogP contribution in [0.25, 0.3) is 0 Å². The Kier molecular flexibility index (Phi) is 1.54. The molecule has 0 bridgehead atoms. The summed E-state index contributed by atoms with van der Waals surface area (Å²) in [7, 11) is 0. The van der Waals surface area contributed by atoms with Crippen LogP contribution in [0.3, 0.4) is 0 Å². The third-order valence-corrected chi connectivity index (χ3v) is 1.88. The maximum atomic E-state index is 11.4. The predicted molar refractivity (Wildman–Crippen MR) is 44.1 cm³/mol. The van der Waals surface area contributed by atoms with Crippen molar-refractivity contribution >= 4 is 17.6 Å². The molecule has 68 valence electrons. The van der Waals surface area contributed by atoms with Crippen molar-refractivity contribution < 1.29 is 9.59 Å². The number of nitrogens with one attached hydrogen (secondary N) is 2. The van der Waals surface area contributed by atoms with E-state index in [1.807, 2.05) is 0 Å². The monoisotopic (exact) mass is 180 g/mol. The molecular weight excluding hydrogens is 172 g/mol. The van der Waals surface area contributed by atoms with Crippen molar-refractivity contribution in [3.05, 3.63) is 12.4 Å². The van der Waals surface area contributed by atoms with Gasteiger partial charge in [0.15, 0.2) is 0 Å². The van der Waals surface area contributed by atoms with E-state index in [1.165, 1.54) is 12.4 Å². The van der Waals surface area contributed by atoms with E-state index in [0.717, 1.165) is 4.90 Å². The minimum Gasteiger partial charge on any atom is -0.326 e. The Hall–Kier alpha value is -1.85. The summed E-state index contributed by atoms with van der Waals surface area (Å²) in [4.78, 5) is 23.7. The van der Waals surface area contributed by atoms with Gasteiger partial charge < -0.3 is 5.32 Å². The Bertz CT molecular complexity index is 345. The standard InChI is InChI=1S/C7H8N4O2/c1-4-6(12)11(7(13)10-4)5-2-8-9-3-5/h2-4H,1H3,(H,8,9)(H,10,13)/t4-/m1/s1. The van der Waals surface area contributed by atoms with Crippen LogP contribution in [0.4, 0.5) is 10.5 Å². The number of aromatic amines is 1. The molecule has 1 aliphatic heterocycles. The first-order valence-corrected chi connectivity index (χ1v) is 3.83. The molecule has 1 atom stereocenters. The summed E-state index contributed by atoms with van der Waals surface area (Å²) < 4.78 is 0. The van der Waals surface area contributed by atoms with Crippen molar-refractivity contribution in [2.75, 3.05) is 4.90 Å². The van der Waals surface area contributed by atoms with Gasteiger partial charge in [-0.2, -0.15) is 5.10 Å². The number of carbonyl (C=O) groups excluding carboxylic acids is 2. The first-order valence-electron chi connectivity index (χ1n) is 3.83. The van der Waals surface area contributed by atoms with Crippen molar-refractivity contribution in [3.63, 3.8) is 0 Å². The van der Waals surface area contributed by atoms with Crippen molar-refractivity contribution in [1.82, 2.24) is 15.5 Å². The van der Waals surface area contributed by atoms with Crippen LogP contribution < -0.4 is 10.2 Å². The van der Waals surface area contributed by atoms with Crippen LogP contribution in [0.15, 0.2) is 12.4 Å². The summed E-state index contributed by atoms with van der Waals surface area (Å²) in [6.45, 7) is 1.64. The molecule has 0 saturated carbocycles. The number of hydrogen-bond acceptors (Lipinski definition) is 3. The lowest BCUT2D eigenvalue weighted by Crippen LogP contribution is -2.30. The van der Waals surface area contributed by atoms with Crippen molar-refractivity contribution in [1.29, 1.82) is 0 Å². The molecular formula is C7H8N4O2. The van der Waals surface area contributed by atoms with Crippen LogP contribution in [0.2, 0.25) is 0 Å².